The van der Waals surface area contributed by atoms with E-state index in [0.29, 0.717) is 5.75 Å². The molecule has 0 aliphatic carbocycles. The lowest BCUT2D eigenvalue weighted by molar-refractivity contribution is 0.0693. The van der Waals surface area contributed by atoms with Gasteiger partial charge in [-0.15, -0.1) is 0 Å². The van der Waals surface area contributed by atoms with Crippen molar-refractivity contribution in [1.29, 1.82) is 0 Å². The highest BCUT2D eigenvalue weighted by Gasteiger charge is 2.14. The molecule has 3 N–H and O–H groups in total. The van der Waals surface area contributed by atoms with Gasteiger partial charge in [0.25, 0.3) is 0 Å². The number of hydrogen-bond donors (Lipinski definition) is 3. The number of nitrogens with one attached hydrogen (secondary N) is 1. The summed E-state index contributed by atoms with van der Waals surface area (Å²) >= 11 is 1.63. The minimum Gasteiger partial charge on any atom is -0.505 e. The number of benzene rings is 2. The van der Waals surface area contributed by atoms with Crippen LogP contribution in [0.1, 0.15) is 15.9 Å². The summed E-state index contributed by atoms with van der Waals surface area (Å²) in [6.45, 7) is 0.211. The van der Waals surface area contributed by atoms with Crippen LogP contribution in [0.3, 0.4) is 0 Å². The number of thioether (sulfide) groups is 1. The first-order valence-electron chi connectivity index (χ1n) is 7.18. The molecule has 0 aliphatic heterocycles. The van der Waals surface area contributed by atoms with Crippen molar-refractivity contribution in [2.24, 2.45) is 0 Å². The first kappa shape index (κ1) is 17.7. The molecule has 0 aromatic heterocycles. The molecule has 1 amide bonds. The molecule has 24 heavy (non-hydrogen) atoms. The summed E-state index contributed by atoms with van der Waals surface area (Å²) in [5.74, 6) is -0.321. The van der Waals surface area contributed by atoms with Gasteiger partial charge in [0, 0.05) is 11.5 Å². The Hall–Kier alpha value is -2.67. The number of para-hydroxylation sites is 1. The van der Waals surface area contributed by atoms with Crippen molar-refractivity contribution < 1.29 is 24.5 Å². The number of ether oxygens (including phenoxy) is 1. The molecule has 0 unspecified atom stereocenters. The molecule has 0 radical (unpaired) electrons. The Morgan fingerprint density at radius 1 is 1.08 bits per heavy atom. The van der Waals surface area contributed by atoms with Crippen LogP contribution in [0.5, 0.6) is 5.75 Å². The summed E-state index contributed by atoms with van der Waals surface area (Å²) < 4.78 is 5.01. The van der Waals surface area contributed by atoms with E-state index in [9.17, 15) is 14.7 Å². The van der Waals surface area contributed by atoms with Crippen LogP contribution in [0, 0.1) is 0 Å². The summed E-state index contributed by atoms with van der Waals surface area (Å²) in [6, 6.07) is 14.0. The normalized spacial score (nSPS) is 10.2. The van der Waals surface area contributed by atoms with Gasteiger partial charge in [-0.2, -0.15) is 11.8 Å². The number of carbonyl (C=O) groups is 2. The van der Waals surface area contributed by atoms with Gasteiger partial charge < -0.3 is 14.9 Å². The Labute approximate surface area is 143 Å². The van der Waals surface area contributed by atoms with Crippen molar-refractivity contribution in [3.05, 3.63) is 59.7 Å². The number of anilines is 1. The van der Waals surface area contributed by atoms with E-state index >= 15 is 0 Å². The largest absolute Gasteiger partial charge is 0.505 e. The molecular weight excluding hydrogens is 330 g/mol. The standard InChI is InChI=1S/C17H17NO5S/c19-15-13(16(20)21)7-4-8-14(15)18-17(22)23-9-10-24-11-12-5-2-1-3-6-12/h1-8,19H,9-11H2,(H,18,22)(H,20,21). The van der Waals surface area contributed by atoms with Crippen LogP contribution in [0.25, 0.3) is 0 Å². The predicted molar refractivity (Wildman–Crippen MR) is 92.6 cm³/mol. The van der Waals surface area contributed by atoms with E-state index in [1.165, 1.54) is 23.8 Å². The third-order valence-corrected chi connectivity index (χ3v) is 4.07. The Morgan fingerprint density at radius 3 is 2.54 bits per heavy atom. The molecule has 126 valence electrons. The second kappa shape index (κ2) is 8.83. The molecule has 0 saturated carbocycles. The lowest BCUT2D eigenvalue weighted by Gasteiger charge is -2.09. The topological polar surface area (TPSA) is 95.9 Å². The zero-order valence-corrected chi connectivity index (χ0v) is 13.6. The molecule has 2 aromatic rings. The second-order valence-electron chi connectivity index (χ2n) is 4.81. The number of amides is 1. The quantitative estimate of drug-likeness (QED) is 0.523. The van der Waals surface area contributed by atoms with Gasteiger partial charge in [0.2, 0.25) is 0 Å². The van der Waals surface area contributed by atoms with Gasteiger partial charge in [-0.3, -0.25) is 5.32 Å². The van der Waals surface area contributed by atoms with Gasteiger partial charge in [-0.1, -0.05) is 36.4 Å². The van der Waals surface area contributed by atoms with Gasteiger partial charge in [0.15, 0.2) is 5.75 Å². The fourth-order valence-corrected chi connectivity index (χ4v) is 2.69. The highest BCUT2D eigenvalue weighted by atomic mass is 32.2. The number of carboxylic acids is 1. The second-order valence-corrected chi connectivity index (χ2v) is 5.91. The molecule has 0 fully saturated rings. The number of aromatic hydroxyl groups is 1. The minimum absolute atomic E-state index is 0.00293. The summed E-state index contributed by atoms with van der Waals surface area (Å²) in [4.78, 5) is 22.6. The SMILES string of the molecule is O=C(Nc1cccc(C(=O)O)c1O)OCCSCc1ccccc1. The van der Waals surface area contributed by atoms with E-state index in [2.05, 4.69) is 5.32 Å². The molecule has 2 rings (SSSR count). The number of phenols is 1. The van der Waals surface area contributed by atoms with Crippen LogP contribution in [0.2, 0.25) is 0 Å². The van der Waals surface area contributed by atoms with Crippen LogP contribution >= 0.6 is 11.8 Å². The van der Waals surface area contributed by atoms with E-state index in [4.69, 9.17) is 9.84 Å². The summed E-state index contributed by atoms with van der Waals surface area (Å²) in [5, 5.41) is 21.0. The number of rotatable bonds is 7. The Kier molecular flexibility index (Phi) is 6.51. The molecule has 0 heterocycles. The smallest absolute Gasteiger partial charge is 0.411 e. The molecule has 0 spiro atoms. The average Bonchev–Trinajstić information content (AvgIpc) is 2.57. The predicted octanol–water partition coefficient (Wildman–Crippen LogP) is 3.57. The fourth-order valence-electron chi connectivity index (χ4n) is 1.92. The van der Waals surface area contributed by atoms with Gasteiger partial charge in [0.05, 0.1) is 5.69 Å². The highest BCUT2D eigenvalue weighted by molar-refractivity contribution is 7.98. The maximum Gasteiger partial charge on any atom is 0.411 e. The van der Waals surface area contributed by atoms with Gasteiger partial charge in [0.1, 0.15) is 12.2 Å². The number of aromatic carboxylic acids is 1. The minimum atomic E-state index is -1.28. The molecule has 0 saturated heterocycles. The van der Waals surface area contributed by atoms with Crippen LogP contribution in [-0.4, -0.2) is 34.6 Å². The van der Waals surface area contributed by atoms with Crippen LogP contribution in [0.4, 0.5) is 10.5 Å². The summed E-state index contributed by atoms with van der Waals surface area (Å²) in [5.41, 5.74) is 0.908. The van der Waals surface area contributed by atoms with Crippen molar-refractivity contribution in [3.8, 4) is 5.75 Å². The Balaban J connectivity index is 1.74. The number of carbonyl (C=O) groups excluding carboxylic acids is 1. The van der Waals surface area contributed by atoms with Gasteiger partial charge in [-0.05, 0) is 17.7 Å². The van der Waals surface area contributed by atoms with E-state index in [0.717, 1.165) is 5.75 Å². The zero-order valence-electron chi connectivity index (χ0n) is 12.8. The first-order chi connectivity index (χ1) is 11.6. The van der Waals surface area contributed by atoms with Gasteiger partial charge in [-0.25, -0.2) is 9.59 Å². The molecule has 0 atom stereocenters. The molecule has 0 bridgehead atoms. The third-order valence-electron chi connectivity index (χ3n) is 3.08. The van der Waals surface area contributed by atoms with E-state index in [1.54, 1.807) is 11.8 Å². The van der Waals surface area contributed by atoms with E-state index < -0.39 is 17.8 Å². The van der Waals surface area contributed by atoms with Crippen LogP contribution in [0.15, 0.2) is 48.5 Å². The van der Waals surface area contributed by atoms with Crippen molar-refractivity contribution in [2.45, 2.75) is 5.75 Å². The van der Waals surface area contributed by atoms with Crippen molar-refractivity contribution in [1.82, 2.24) is 0 Å². The molecular formula is C17H17NO5S. The maximum absolute atomic E-state index is 11.7. The van der Waals surface area contributed by atoms with Gasteiger partial charge >= 0.3 is 12.1 Å². The summed E-state index contributed by atoms with van der Waals surface area (Å²) in [7, 11) is 0. The first-order valence-corrected chi connectivity index (χ1v) is 8.34. The average molecular weight is 347 g/mol. The zero-order chi connectivity index (χ0) is 17.4. The molecule has 0 aliphatic rings. The third kappa shape index (κ3) is 5.20. The van der Waals surface area contributed by atoms with Crippen molar-refractivity contribution >= 4 is 29.5 Å². The molecule has 6 nitrogen and oxygen atoms in total. The fraction of sp³-hybridized carbons (Fsp3) is 0.176. The number of hydrogen-bond acceptors (Lipinski definition) is 5. The van der Waals surface area contributed by atoms with E-state index in [-0.39, 0.29) is 17.9 Å². The summed E-state index contributed by atoms with van der Waals surface area (Å²) in [6.07, 6.45) is -0.742. The number of carboxylic acid groups (broad SMARTS) is 1. The lowest BCUT2D eigenvalue weighted by atomic mass is 10.2. The van der Waals surface area contributed by atoms with Crippen molar-refractivity contribution in [2.75, 3.05) is 17.7 Å². The maximum atomic E-state index is 11.7. The van der Waals surface area contributed by atoms with Crippen molar-refractivity contribution in [3.63, 3.8) is 0 Å². The Morgan fingerprint density at radius 2 is 1.83 bits per heavy atom. The van der Waals surface area contributed by atoms with Crippen LogP contribution in [-0.2, 0) is 10.5 Å². The van der Waals surface area contributed by atoms with Crippen LogP contribution < -0.4 is 5.32 Å². The van der Waals surface area contributed by atoms with E-state index in [1.807, 2.05) is 30.3 Å². The lowest BCUT2D eigenvalue weighted by Crippen LogP contribution is -2.16. The monoisotopic (exact) mass is 347 g/mol. The molecule has 7 heteroatoms. The highest BCUT2D eigenvalue weighted by Crippen LogP contribution is 2.27. The molecule has 2 aromatic carbocycles. The Bertz CT molecular complexity index is 705.